The Bertz CT molecular complexity index is 493. The van der Waals surface area contributed by atoms with Crippen molar-refractivity contribution in [2.45, 2.75) is 45.0 Å². The van der Waals surface area contributed by atoms with Crippen molar-refractivity contribution in [2.75, 3.05) is 0 Å². The second kappa shape index (κ2) is 5.15. The molecule has 0 saturated heterocycles. The number of rotatable bonds is 4. The maximum absolute atomic E-state index is 12.1. The highest BCUT2D eigenvalue weighted by atomic mass is 32.2. The number of halogens is 3. The molecule has 1 atom stereocenters. The normalized spacial score (nSPS) is 24.8. The molecule has 4 nitrogen and oxygen atoms in total. The summed E-state index contributed by atoms with van der Waals surface area (Å²) < 4.78 is 62.1. The summed E-state index contributed by atoms with van der Waals surface area (Å²) in [7, 11) is -5.61. The van der Waals surface area contributed by atoms with E-state index in [4.69, 9.17) is 0 Å². The van der Waals surface area contributed by atoms with Gasteiger partial charge in [0.25, 0.3) is 0 Å². The summed E-state index contributed by atoms with van der Waals surface area (Å²) >= 11 is 0. The van der Waals surface area contributed by atoms with E-state index >= 15 is 0 Å². The number of hydrogen-bond acceptors (Lipinski definition) is 4. The van der Waals surface area contributed by atoms with Crippen molar-refractivity contribution in [1.29, 1.82) is 0 Å². The SMILES string of the molecule is CCC1(C(C)=O)CC=C(OS(=O)(=O)C(F)(F)F)CC1. The van der Waals surface area contributed by atoms with Gasteiger partial charge in [-0.2, -0.15) is 21.6 Å². The van der Waals surface area contributed by atoms with E-state index in [-0.39, 0.29) is 30.8 Å². The summed E-state index contributed by atoms with van der Waals surface area (Å²) in [5.41, 5.74) is -6.05. The van der Waals surface area contributed by atoms with Gasteiger partial charge in [0.2, 0.25) is 0 Å². The van der Waals surface area contributed by atoms with Crippen molar-refractivity contribution in [3.05, 3.63) is 11.8 Å². The van der Waals surface area contributed by atoms with Crippen molar-refractivity contribution in [2.24, 2.45) is 5.41 Å². The largest absolute Gasteiger partial charge is 0.534 e. The van der Waals surface area contributed by atoms with Gasteiger partial charge in [-0.1, -0.05) is 6.92 Å². The van der Waals surface area contributed by atoms with Crippen LogP contribution in [0.25, 0.3) is 0 Å². The van der Waals surface area contributed by atoms with Gasteiger partial charge in [0.15, 0.2) is 0 Å². The molecule has 8 heteroatoms. The van der Waals surface area contributed by atoms with E-state index in [1.165, 1.54) is 13.0 Å². The first kappa shape index (κ1) is 16.0. The molecule has 0 bridgehead atoms. The van der Waals surface area contributed by atoms with Crippen LogP contribution < -0.4 is 0 Å². The Kier molecular flexibility index (Phi) is 4.33. The fraction of sp³-hybridized carbons (Fsp3) is 0.727. The summed E-state index contributed by atoms with van der Waals surface area (Å²) in [6.07, 6.45) is 2.30. The first-order valence-corrected chi connectivity index (χ1v) is 7.16. The molecule has 0 fully saturated rings. The molecule has 1 aliphatic rings. The highest BCUT2D eigenvalue weighted by Gasteiger charge is 2.49. The highest BCUT2D eigenvalue weighted by molar-refractivity contribution is 7.87. The van der Waals surface area contributed by atoms with E-state index in [9.17, 15) is 26.4 Å². The molecule has 0 aromatic heterocycles. The minimum atomic E-state index is -5.61. The van der Waals surface area contributed by atoms with Gasteiger partial charge < -0.3 is 4.18 Å². The fourth-order valence-corrected chi connectivity index (χ4v) is 2.56. The predicted octanol–water partition coefficient (Wildman–Crippen LogP) is 2.91. The Hall–Kier alpha value is -1.05. The van der Waals surface area contributed by atoms with Crippen LogP contribution in [0.3, 0.4) is 0 Å². The second-order valence-corrected chi connectivity index (χ2v) is 6.09. The topological polar surface area (TPSA) is 60.4 Å². The van der Waals surface area contributed by atoms with Gasteiger partial charge in [0.1, 0.15) is 11.5 Å². The zero-order chi connectivity index (χ0) is 14.9. The van der Waals surface area contributed by atoms with E-state index in [0.717, 1.165) is 0 Å². The number of alkyl halides is 3. The summed E-state index contributed by atoms with van der Waals surface area (Å²) in [5, 5.41) is 0. The molecule has 19 heavy (non-hydrogen) atoms. The predicted molar refractivity (Wildman–Crippen MR) is 61.4 cm³/mol. The number of hydrogen-bond donors (Lipinski definition) is 0. The third-order valence-corrected chi connectivity index (χ3v) is 4.49. The van der Waals surface area contributed by atoms with Crippen LogP contribution in [-0.2, 0) is 19.1 Å². The number of carbonyl (C=O) groups excluding carboxylic acids is 1. The standard InChI is InChI=1S/C11H15F3O4S/c1-3-10(8(2)15)6-4-9(5-7-10)18-19(16,17)11(12,13)14/h4H,3,5-7H2,1-2H3. The first-order valence-electron chi connectivity index (χ1n) is 5.75. The minimum Gasteiger partial charge on any atom is -0.381 e. The van der Waals surface area contributed by atoms with Gasteiger partial charge in [-0.25, -0.2) is 0 Å². The van der Waals surface area contributed by atoms with Crippen molar-refractivity contribution in [3.63, 3.8) is 0 Å². The molecule has 0 saturated carbocycles. The molecule has 0 amide bonds. The maximum Gasteiger partial charge on any atom is 0.534 e. The third kappa shape index (κ3) is 3.29. The Morgan fingerprint density at radius 2 is 2.05 bits per heavy atom. The zero-order valence-corrected chi connectivity index (χ0v) is 11.4. The zero-order valence-electron chi connectivity index (χ0n) is 10.6. The van der Waals surface area contributed by atoms with Crippen LogP contribution >= 0.6 is 0 Å². The lowest BCUT2D eigenvalue weighted by atomic mass is 9.72. The van der Waals surface area contributed by atoms with Crippen molar-refractivity contribution in [3.8, 4) is 0 Å². The van der Waals surface area contributed by atoms with Crippen molar-refractivity contribution < 1.29 is 30.6 Å². The van der Waals surface area contributed by atoms with E-state index in [1.807, 2.05) is 6.92 Å². The van der Waals surface area contributed by atoms with Crippen LogP contribution in [0.2, 0.25) is 0 Å². The second-order valence-electron chi connectivity index (χ2n) is 4.55. The minimum absolute atomic E-state index is 0.00271. The lowest BCUT2D eigenvalue weighted by molar-refractivity contribution is -0.127. The average Bonchev–Trinajstić information content (AvgIpc) is 2.28. The Labute approximate surface area is 109 Å². The van der Waals surface area contributed by atoms with Gasteiger partial charge in [-0.15, -0.1) is 0 Å². The molecule has 110 valence electrons. The molecular formula is C11H15F3O4S. The summed E-state index contributed by atoms with van der Waals surface area (Å²) in [4.78, 5) is 11.5. The van der Waals surface area contributed by atoms with E-state index in [0.29, 0.717) is 6.42 Å². The maximum atomic E-state index is 12.1. The molecule has 0 N–H and O–H groups in total. The van der Waals surface area contributed by atoms with Gasteiger partial charge in [0, 0.05) is 11.8 Å². The molecule has 0 heterocycles. The lowest BCUT2D eigenvalue weighted by Crippen LogP contribution is -2.32. The van der Waals surface area contributed by atoms with Crippen LogP contribution in [0.15, 0.2) is 11.8 Å². The number of ketones is 1. The van der Waals surface area contributed by atoms with E-state index in [1.54, 1.807) is 0 Å². The fourth-order valence-electron chi connectivity index (χ4n) is 2.03. The van der Waals surface area contributed by atoms with Crippen LogP contribution in [-0.4, -0.2) is 19.7 Å². The number of Topliss-reactive ketones (excluding diaryl/α,β-unsaturated/α-hetero) is 1. The quantitative estimate of drug-likeness (QED) is 0.591. The van der Waals surface area contributed by atoms with Crippen LogP contribution in [0.1, 0.15) is 39.5 Å². The molecule has 0 spiro atoms. The summed E-state index contributed by atoms with van der Waals surface area (Å²) in [6, 6.07) is 0. The molecule has 0 radical (unpaired) electrons. The van der Waals surface area contributed by atoms with Gasteiger partial charge in [-0.3, -0.25) is 4.79 Å². The highest BCUT2D eigenvalue weighted by Crippen LogP contribution is 2.40. The number of allylic oxidation sites excluding steroid dienone is 2. The molecule has 1 rings (SSSR count). The van der Waals surface area contributed by atoms with Crippen molar-refractivity contribution in [1.82, 2.24) is 0 Å². The molecular weight excluding hydrogens is 285 g/mol. The molecule has 0 aliphatic heterocycles. The van der Waals surface area contributed by atoms with E-state index in [2.05, 4.69) is 4.18 Å². The summed E-state index contributed by atoms with van der Waals surface area (Å²) in [6.45, 7) is 3.24. The molecule has 0 aromatic rings. The first-order chi connectivity index (χ1) is 8.54. The Balaban J connectivity index is 2.85. The average molecular weight is 300 g/mol. The van der Waals surface area contributed by atoms with E-state index < -0.39 is 21.0 Å². The van der Waals surface area contributed by atoms with Crippen LogP contribution in [0.5, 0.6) is 0 Å². The molecule has 0 aromatic carbocycles. The Morgan fingerprint density at radius 1 is 1.47 bits per heavy atom. The summed E-state index contributed by atoms with van der Waals surface area (Å²) in [5.74, 6) is -0.299. The van der Waals surface area contributed by atoms with Crippen LogP contribution in [0, 0.1) is 5.41 Å². The lowest BCUT2D eigenvalue weighted by Gasteiger charge is -2.32. The van der Waals surface area contributed by atoms with Gasteiger partial charge in [0.05, 0.1) is 0 Å². The molecule has 1 aliphatic carbocycles. The van der Waals surface area contributed by atoms with Crippen molar-refractivity contribution >= 4 is 15.9 Å². The van der Waals surface area contributed by atoms with Gasteiger partial charge >= 0.3 is 15.6 Å². The Morgan fingerprint density at radius 3 is 2.37 bits per heavy atom. The monoisotopic (exact) mass is 300 g/mol. The van der Waals surface area contributed by atoms with Crippen LogP contribution in [0.4, 0.5) is 13.2 Å². The number of carbonyl (C=O) groups is 1. The van der Waals surface area contributed by atoms with Gasteiger partial charge in [-0.05, 0) is 32.3 Å². The smallest absolute Gasteiger partial charge is 0.381 e. The molecule has 1 unspecified atom stereocenters. The third-order valence-electron chi connectivity index (χ3n) is 3.49.